The molecule has 0 N–H and O–H groups in total. The summed E-state index contributed by atoms with van der Waals surface area (Å²) >= 11 is 0. The van der Waals surface area contributed by atoms with Gasteiger partial charge in [0.15, 0.2) is 17.3 Å². The number of Topliss-reactive ketones (excluding diaryl/α,β-unsaturated/α-hetero) is 3. The Morgan fingerprint density at radius 2 is 1.00 bits per heavy atom. The monoisotopic (exact) mass is 277 g/mol. The highest BCUT2D eigenvalue weighted by Crippen LogP contribution is 2.12. The molecular weight excluding hydrogens is 258 g/mol. The molecule has 0 fully saturated rings. The Kier molecular flexibility index (Phi) is 7.07. The van der Waals surface area contributed by atoms with Gasteiger partial charge in [-0.1, -0.05) is 0 Å². The van der Waals surface area contributed by atoms with Crippen molar-refractivity contribution in [1.29, 1.82) is 0 Å². The highest BCUT2D eigenvalue weighted by Gasteiger charge is 2.09. The van der Waals surface area contributed by atoms with Crippen molar-refractivity contribution in [3.63, 3.8) is 0 Å². The van der Waals surface area contributed by atoms with Gasteiger partial charge in [-0.05, 0) is 39.0 Å². The van der Waals surface area contributed by atoms with Crippen molar-refractivity contribution in [2.45, 2.75) is 20.8 Å². The molecule has 20 heavy (non-hydrogen) atoms. The van der Waals surface area contributed by atoms with E-state index in [0.29, 0.717) is 16.7 Å². The first-order valence-electron chi connectivity index (χ1n) is 5.98. The van der Waals surface area contributed by atoms with Gasteiger partial charge in [0.2, 0.25) is 6.41 Å². The molecule has 0 aromatic heterocycles. The van der Waals surface area contributed by atoms with Gasteiger partial charge in [0.25, 0.3) is 0 Å². The fraction of sp³-hybridized carbons (Fsp3) is 0.333. The van der Waals surface area contributed by atoms with E-state index in [2.05, 4.69) is 0 Å². The summed E-state index contributed by atoms with van der Waals surface area (Å²) in [7, 11) is 3.38. The normalized spacial score (nSPS) is 9.05. The maximum Gasteiger partial charge on any atom is 0.209 e. The number of hydrogen-bond donors (Lipinski definition) is 0. The van der Waals surface area contributed by atoms with Crippen LogP contribution in [0.4, 0.5) is 0 Å². The zero-order valence-electron chi connectivity index (χ0n) is 12.4. The molecule has 1 aromatic rings. The minimum Gasteiger partial charge on any atom is -0.351 e. The number of benzene rings is 1. The molecule has 0 aliphatic rings. The quantitative estimate of drug-likeness (QED) is 0.623. The van der Waals surface area contributed by atoms with E-state index in [0.717, 1.165) is 6.41 Å². The fourth-order valence-electron chi connectivity index (χ4n) is 1.24. The van der Waals surface area contributed by atoms with Gasteiger partial charge in [-0.2, -0.15) is 0 Å². The van der Waals surface area contributed by atoms with Crippen LogP contribution in [-0.2, 0) is 4.79 Å². The van der Waals surface area contributed by atoms with E-state index in [1.165, 1.54) is 43.9 Å². The molecule has 0 atom stereocenters. The van der Waals surface area contributed by atoms with Crippen LogP contribution in [0, 0.1) is 0 Å². The van der Waals surface area contributed by atoms with E-state index < -0.39 is 0 Å². The number of hydrogen-bond acceptors (Lipinski definition) is 4. The van der Waals surface area contributed by atoms with Crippen molar-refractivity contribution in [2.75, 3.05) is 14.1 Å². The SMILES string of the molecule is CC(=O)c1cc(C(C)=O)cc(C(C)=O)c1.CN(C)C=O. The molecule has 0 bridgehead atoms. The lowest BCUT2D eigenvalue weighted by molar-refractivity contribution is -0.115. The molecule has 1 amide bonds. The average Bonchev–Trinajstić information content (AvgIpc) is 2.38. The second kappa shape index (κ2) is 7.99. The predicted octanol–water partition coefficient (Wildman–Crippen LogP) is 2.00. The van der Waals surface area contributed by atoms with Crippen LogP contribution in [-0.4, -0.2) is 42.8 Å². The average molecular weight is 277 g/mol. The first-order chi connectivity index (χ1) is 9.18. The minimum atomic E-state index is -0.152. The van der Waals surface area contributed by atoms with Crippen LogP contribution in [0.3, 0.4) is 0 Å². The number of rotatable bonds is 4. The van der Waals surface area contributed by atoms with Gasteiger partial charge in [0, 0.05) is 30.8 Å². The van der Waals surface area contributed by atoms with Gasteiger partial charge in [-0.25, -0.2) is 0 Å². The lowest BCUT2D eigenvalue weighted by atomic mass is 10.00. The zero-order valence-corrected chi connectivity index (χ0v) is 12.4. The Hall–Kier alpha value is -2.30. The molecule has 5 nitrogen and oxygen atoms in total. The standard InChI is InChI=1S/C12H12O3.C3H7NO/c1-7(13)10-4-11(8(2)14)6-12(5-10)9(3)15;1-4(2)3-5/h4-6H,1-3H3;3H,1-2H3. The number of nitrogens with zero attached hydrogens (tertiary/aromatic N) is 1. The molecule has 0 unspecified atom stereocenters. The van der Waals surface area contributed by atoms with Crippen LogP contribution in [0.1, 0.15) is 51.8 Å². The molecule has 0 saturated heterocycles. The fourth-order valence-corrected chi connectivity index (χ4v) is 1.24. The van der Waals surface area contributed by atoms with Crippen molar-refractivity contribution in [2.24, 2.45) is 0 Å². The summed E-state index contributed by atoms with van der Waals surface area (Å²) in [6.45, 7) is 4.22. The Morgan fingerprint density at radius 3 is 1.10 bits per heavy atom. The third-order valence-corrected chi connectivity index (χ3v) is 2.36. The summed E-state index contributed by atoms with van der Waals surface area (Å²) in [5.74, 6) is -0.457. The van der Waals surface area contributed by atoms with Crippen molar-refractivity contribution in [3.05, 3.63) is 34.9 Å². The predicted molar refractivity (Wildman–Crippen MR) is 76.2 cm³/mol. The third kappa shape index (κ3) is 6.04. The van der Waals surface area contributed by atoms with Gasteiger partial charge in [-0.3, -0.25) is 19.2 Å². The van der Waals surface area contributed by atoms with Gasteiger partial charge >= 0.3 is 0 Å². The van der Waals surface area contributed by atoms with Crippen LogP contribution >= 0.6 is 0 Å². The molecular formula is C15H19NO4. The van der Waals surface area contributed by atoms with Crippen molar-refractivity contribution in [1.82, 2.24) is 4.90 Å². The van der Waals surface area contributed by atoms with E-state index in [4.69, 9.17) is 0 Å². The van der Waals surface area contributed by atoms with E-state index in [9.17, 15) is 19.2 Å². The molecule has 0 spiro atoms. The number of ketones is 3. The summed E-state index contributed by atoms with van der Waals surface area (Å²) in [4.78, 5) is 44.4. The van der Waals surface area contributed by atoms with E-state index in [1.807, 2.05) is 0 Å². The number of amides is 1. The van der Waals surface area contributed by atoms with Crippen LogP contribution in [0.2, 0.25) is 0 Å². The van der Waals surface area contributed by atoms with E-state index in [-0.39, 0.29) is 17.3 Å². The lowest BCUT2D eigenvalue weighted by Gasteiger charge is -2.03. The largest absolute Gasteiger partial charge is 0.351 e. The van der Waals surface area contributed by atoms with Crippen LogP contribution in [0.15, 0.2) is 18.2 Å². The molecule has 0 heterocycles. The van der Waals surface area contributed by atoms with E-state index in [1.54, 1.807) is 14.1 Å². The zero-order chi connectivity index (χ0) is 15.9. The number of carbonyl (C=O) groups is 4. The summed E-state index contributed by atoms with van der Waals surface area (Å²) in [5.41, 5.74) is 1.19. The molecule has 108 valence electrons. The molecule has 0 saturated carbocycles. The summed E-state index contributed by atoms with van der Waals surface area (Å²) < 4.78 is 0. The molecule has 5 heteroatoms. The Labute approximate surface area is 118 Å². The Balaban J connectivity index is 0.000000621. The van der Waals surface area contributed by atoms with Crippen LogP contribution in [0.5, 0.6) is 0 Å². The molecule has 1 aromatic carbocycles. The van der Waals surface area contributed by atoms with Crippen LogP contribution < -0.4 is 0 Å². The number of carbonyl (C=O) groups excluding carboxylic acids is 4. The van der Waals surface area contributed by atoms with Crippen molar-refractivity contribution >= 4 is 23.8 Å². The van der Waals surface area contributed by atoms with Gasteiger partial charge in [-0.15, -0.1) is 0 Å². The smallest absolute Gasteiger partial charge is 0.209 e. The highest BCUT2D eigenvalue weighted by molar-refractivity contribution is 6.04. The Bertz CT molecular complexity index is 454. The van der Waals surface area contributed by atoms with Crippen molar-refractivity contribution < 1.29 is 19.2 Å². The van der Waals surface area contributed by atoms with Gasteiger partial charge in [0.05, 0.1) is 0 Å². The summed E-state index contributed by atoms with van der Waals surface area (Å²) in [6.07, 6.45) is 0.750. The Morgan fingerprint density at radius 1 is 0.800 bits per heavy atom. The molecule has 0 radical (unpaired) electrons. The van der Waals surface area contributed by atoms with Crippen LogP contribution in [0.25, 0.3) is 0 Å². The summed E-state index contributed by atoms with van der Waals surface area (Å²) in [5, 5.41) is 0. The maximum absolute atomic E-state index is 11.2. The van der Waals surface area contributed by atoms with Gasteiger partial charge in [0.1, 0.15) is 0 Å². The third-order valence-electron chi connectivity index (χ3n) is 2.36. The van der Waals surface area contributed by atoms with Crippen molar-refractivity contribution in [3.8, 4) is 0 Å². The van der Waals surface area contributed by atoms with E-state index >= 15 is 0 Å². The first-order valence-corrected chi connectivity index (χ1v) is 5.98. The second-order valence-electron chi connectivity index (χ2n) is 4.54. The van der Waals surface area contributed by atoms with Gasteiger partial charge < -0.3 is 4.90 Å². The summed E-state index contributed by atoms with van der Waals surface area (Å²) in [6, 6.07) is 4.53. The second-order valence-corrected chi connectivity index (χ2v) is 4.54. The minimum absolute atomic E-state index is 0.152. The molecule has 1 rings (SSSR count). The topological polar surface area (TPSA) is 71.5 Å². The maximum atomic E-state index is 11.2. The lowest BCUT2D eigenvalue weighted by Crippen LogP contribution is -2.06. The molecule has 0 aliphatic carbocycles. The first kappa shape index (κ1) is 17.7. The highest BCUT2D eigenvalue weighted by atomic mass is 16.1. The molecule has 0 aliphatic heterocycles.